The summed E-state index contributed by atoms with van der Waals surface area (Å²) in [5.41, 5.74) is 3.19. The number of morpholine rings is 1. The highest BCUT2D eigenvalue weighted by molar-refractivity contribution is 7.99. The molecule has 4 aromatic rings. The summed E-state index contributed by atoms with van der Waals surface area (Å²) in [7, 11) is 0. The zero-order chi connectivity index (χ0) is 22.5. The summed E-state index contributed by atoms with van der Waals surface area (Å²) in [6.07, 6.45) is 5.03. The van der Waals surface area contributed by atoms with E-state index in [0.29, 0.717) is 31.3 Å². The van der Waals surface area contributed by atoms with E-state index in [1.165, 1.54) is 5.56 Å². The van der Waals surface area contributed by atoms with Gasteiger partial charge in [0.2, 0.25) is 17.7 Å². The van der Waals surface area contributed by atoms with Gasteiger partial charge in [0.05, 0.1) is 18.9 Å². The fourth-order valence-corrected chi connectivity index (χ4v) is 4.59. The zero-order valence-electron chi connectivity index (χ0n) is 18.4. The maximum atomic E-state index is 5.52. The van der Waals surface area contributed by atoms with Gasteiger partial charge in [-0.3, -0.25) is 9.55 Å². The molecule has 0 unspecified atom stereocenters. The van der Waals surface area contributed by atoms with Crippen molar-refractivity contribution in [3.05, 3.63) is 60.2 Å². The number of nitrogens with zero attached hydrogens (tertiary/aromatic N) is 7. The molecule has 1 aliphatic heterocycles. The predicted molar refractivity (Wildman–Crippen MR) is 126 cm³/mol. The lowest BCUT2D eigenvalue weighted by molar-refractivity contribution is 0.122. The van der Waals surface area contributed by atoms with Crippen molar-refractivity contribution in [1.82, 2.24) is 29.9 Å². The van der Waals surface area contributed by atoms with Gasteiger partial charge < -0.3 is 14.2 Å². The van der Waals surface area contributed by atoms with Crippen molar-refractivity contribution in [1.29, 1.82) is 0 Å². The molecule has 3 aromatic heterocycles. The van der Waals surface area contributed by atoms with Crippen LogP contribution < -0.4 is 4.90 Å². The second-order valence-electron chi connectivity index (χ2n) is 7.70. The lowest BCUT2D eigenvalue weighted by Crippen LogP contribution is -2.38. The average Bonchev–Trinajstić information content (AvgIpc) is 3.51. The monoisotopic (exact) mass is 463 g/mol. The summed E-state index contributed by atoms with van der Waals surface area (Å²) >= 11 is 1.69. The first kappa shape index (κ1) is 21.6. The number of ether oxygens (including phenoxy) is 1. The molecule has 1 fully saturated rings. The molecule has 0 N–H and O–H groups in total. The van der Waals surface area contributed by atoms with Gasteiger partial charge in [-0.1, -0.05) is 35.1 Å². The normalized spacial score (nSPS) is 14.0. The van der Waals surface area contributed by atoms with E-state index in [1.54, 1.807) is 24.2 Å². The second kappa shape index (κ2) is 10.1. The molecule has 170 valence electrons. The number of aryl methyl sites for hydroxylation is 2. The Balaban J connectivity index is 1.27. The first-order valence-corrected chi connectivity index (χ1v) is 12.0. The van der Waals surface area contributed by atoms with Gasteiger partial charge in [0, 0.05) is 43.2 Å². The molecule has 0 amide bonds. The molecule has 0 aliphatic carbocycles. The Labute approximate surface area is 196 Å². The van der Waals surface area contributed by atoms with Crippen LogP contribution in [0.4, 0.5) is 5.95 Å². The van der Waals surface area contributed by atoms with Crippen LogP contribution in [0.3, 0.4) is 0 Å². The Morgan fingerprint density at radius 2 is 1.85 bits per heavy atom. The molecule has 33 heavy (non-hydrogen) atoms. The number of hydrogen-bond donors (Lipinski definition) is 0. The fourth-order valence-electron chi connectivity index (χ4n) is 3.71. The Hall–Kier alpha value is -3.24. The molecule has 1 saturated heterocycles. The number of benzene rings is 1. The molecule has 0 saturated carbocycles. The van der Waals surface area contributed by atoms with Gasteiger partial charge >= 0.3 is 0 Å². The van der Waals surface area contributed by atoms with E-state index in [-0.39, 0.29) is 0 Å². The SMILES string of the molecule is Cc1ccccc1-n1c(SCCCc2nc(-c3ccncc3)no2)nnc1N1CCOCC1. The van der Waals surface area contributed by atoms with E-state index in [2.05, 4.69) is 66.0 Å². The molecule has 4 heterocycles. The Morgan fingerprint density at radius 3 is 2.67 bits per heavy atom. The summed E-state index contributed by atoms with van der Waals surface area (Å²) in [5.74, 6) is 2.96. The van der Waals surface area contributed by atoms with Gasteiger partial charge in [0.25, 0.3) is 0 Å². The lowest BCUT2D eigenvalue weighted by atomic mass is 10.2. The summed E-state index contributed by atoms with van der Waals surface area (Å²) in [4.78, 5) is 10.8. The first-order chi connectivity index (χ1) is 16.3. The van der Waals surface area contributed by atoms with Crippen LogP contribution in [0.2, 0.25) is 0 Å². The highest BCUT2D eigenvalue weighted by Gasteiger charge is 2.22. The average molecular weight is 464 g/mol. The van der Waals surface area contributed by atoms with E-state index in [0.717, 1.165) is 47.6 Å². The van der Waals surface area contributed by atoms with E-state index >= 15 is 0 Å². The van der Waals surface area contributed by atoms with Gasteiger partial charge in [-0.15, -0.1) is 10.2 Å². The molecule has 5 rings (SSSR count). The molecule has 10 heteroatoms. The molecule has 1 aromatic carbocycles. The Morgan fingerprint density at radius 1 is 1.03 bits per heavy atom. The maximum Gasteiger partial charge on any atom is 0.232 e. The third-order valence-electron chi connectivity index (χ3n) is 5.44. The van der Waals surface area contributed by atoms with Crippen LogP contribution >= 0.6 is 11.8 Å². The van der Waals surface area contributed by atoms with Crippen molar-refractivity contribution in [2.45, 2.75) is 24.9 Å². The number of para-hydroxylation sites is 1. The third-order valence-corrected chi connectivity index (χ3v) is 6.45. The van der Waals surface area contributed by atoms with Crippen molar-refractivity contribution in [2.24, 2.45) is 0 Å². The van der Waals surface area contributed by atoms with Gasteiger partial charge in [-0.05, 0) is 37.1 Å². The van der Waals surface area contributed by atoms with Crippen molar-refractivity contribution in [3.63, 3.8) is 0 Å². The van der Waals surface area contributed by atoms with Crippen molar-refractivity contribution >= 4 is 17.7 Å². The molecule has 0 radical (unpaired) electrons. The van der Waals surface area contributed by atoms with E-state index < -0.39 is 0 Å². The van der Waals surface area contributed by atoms with Gasteiger partial charge in [0.1, 0.15) is 0 Å². The largest absolute Gasteiger partial charge is 0.378 e. The highest BCUT2D eigenvalue weighted by Crippen LogP contribution is 2.29. The van der Waals surface area contributed by atoms with Gasteiger partial charge in [-0.25, -0.2) is 0 Å². The third kappa shape index (κ3) is 4.91. The van der Waals surface area contributed by atoms with Crippen LogP contribution in [0, 0.1) is 6.92 Å². The first-order valence-electron chi connectivity index (χ1n) is 11.0. The standard InChI is InChI=1S/C23H25N7O2S/c1-17-5-2-3-6-19(17)30-22(29-12-14-31-15-13-29)26-27-23(30)33-16-4-7-20-25-21(28-32-20)18-8-10-24-11-9-18/h2-3,5-6,8-11H,4,7,12-16H2,1H3. The summed E-state index contributed by atoms with van der Waals surface area (Å²) in [6, 6.07) is 12.1. The number of rotatable bonds is 8. The molecule has 0 spiro atoms. The van der Waals surface area contributed by atoms with Crippen LogP contribution in [0.5, 0.6) is 0 Å². The van der Waals surface area contributed by atoms with Crippen molar-refractivity contribution in [3.8, 4) is 17.1 Å². The quantitative estimate of drug-likeness (QED) is 0.287. The van der Waals surface area contributed by atoms with E-state index in [4.69, 9.17) is 9.26 Å². The minimum atomic E-state index is 0.592. The molecule has 0 bridgehead atoms. The van der Waals surface area contributed by atoms with Crippen LogP contribution in [0.1, 0.15) is 17.9 Å². The summed E-state index contributed by atoms with van der Waals surface area (Å²) < 4.78 is 13.1. The number of anilines is 1. The number of thioether (sulfide) groups is 1. The van der Waals surface area contributed by atoms with Crippen molar-refractivity contribution in [2.75, 3.05) is 37.0 Å². The lowest BCUT2D eigenvalue weighted by Gasteiger charge is -2.28. The van der Waals surface area contributed by atoms with Crippen molar-refractivity contribution < 1.29 is 9.26 Å². The van der Waals surface area contributed by atoms with E-state index in [9.17, 15) is 0 Å². The molecule has 1 aliphatic rings. The molecular formula is C23H25N7O2S. The fraction of sp³-hybridized carbons (Fsp3) is 0.348. The zero-order valence-corrected chi connectivity index (χ0v) is 19.2. The summed E-state index contributed by atoms with van der Waals surface area (Å²) in [6.45, 7) is 5.14. The smallest absolute Gasteiger partial charge is 0.232 e. The van der Waals surface area contributed by atoms with Crippen LogP contribution in [-0.4, -0.2) is 61.9 Å². The van der Waals surface area contributed by atoms with Crippen LogP contribution in [-0.2, 0) is 11.2 Å². The van der Waals surface area contributed by atoms with Crippen LogP contribution in [0.15, 0.2) is 58.5 Å². The molecular weight excluding hydrogens is 438 g/mol. The topological polar surface area (TPSA) is 95.0 Å². The minimum absolute atomic E-state index is 0.592. The van der Waals surface area contributed by atoms with E-state index in [1.807, 2.05) is 12.1 Å². The number of aromatic nitrogens is 6. The minimum Gasteiger partial charge on any atom is -0.378 e. The van der Waals surface area contributed by atoms with Crippen LogP contribution in [0.25, 0.3) is 17.1 Å². The number of pyridine rings is 1. The Bertz CT molecular complexity index is 1190. The van der Waals surface area contributed by atoms with Gasteiger partial charge in [0.15, 0.2) is 5.16 Å². The maximum absolute atomic E-state index is 5.52. The summed E-state index contributed by atoms with van der Waals surface area (Å²) in [5, 5.41) is 14.0. The molecule has 0 atom stereocenters. The Kier molecular flexibility index (Phi) is 6.63. The highest BCUT2D eigenvalue weighted by atomic mass is 32.2. The second-order valence-corrected chi connectivity index (χ2v) is 8.77. The number of hydrogen-bond acceptors (Lipinski definition) is 9. The predicted octanol–water partition coefficient (Wildman–Crippen LogP) is 3.58. The van der Waals surface area contributed by atoms with Gasteiger partial charge in [-0.2, -0.15) is 4.98 Å². The molecule has 9 nitrogen and oxygen atoms in total.